The fourth-order valence-corrected chi connectivity index (χ4v) is 1.35. The molecule has 1 aliphatic heterocycles. The molecule has 0 bridgehead atoms. The molecule has 2 rings (SSSR count). The molecule has 0 saturated heterocycles. The molecule has 0 aromatic carbocycles. The number of allylic oxidation sites excluding steroid dienone is 1. The van der Waals surface area contributed by atoms with Gasteiger partial charge in [-0.1, -0.05) is 0 Å². The van der Waals surface area contributed by atoms with Gasteiger partial charge in [-0.3, -0.25) is 9.79 Å². The SMILES string of the molecule is NC(=O)C1(C2=CC=NC=CO2)CC1. The molecule has 2 N–H and O–H groups in total. The van der Waals surface area contributed by atoms with E-state index in [9.17, 15) is 4.79 Å². The third-order valence-corrected chi connectivity index (χ3v) is 2.35. The number of hydrogen-bond donors (Lipinski definition) is 1. The lowest BCUT2D eigenvalue weighted by Gasteiger charge is -2.12. The Balaban J connectivity index is 2.26. The largest absolute Gasteiger partial charge is 0.467 e. The number of rotatable bonds is 2. The van der Waals surface area contributed by atoms with Crippen LogP contribution in [-0.4, -0.2) is 12.1 Å². The lowest BCUT2D eigenvalue weighted by atomic mass is 10.0. The summed E-state index contributed by atoms with van der Waals surface area (Å²) in [5, 5.41) is 0. The molecular formula is C9H10N2O2. The van der Waals surface area contributed by atoms with E-state index >= 15 is 0 Å². The second-order valence-electron chi connectivity index (χ2n) is 3.18. The molecule has 1 heterocycles. The van der Waals surface area contributed by atoms with Gasteiger partial charge in [-0.2, -0.15) is 0 Å². The van der Waals surface area contributed by atoms with E-state index in [4.69, 9.17) is 10.5 Å². The van der Waals surface area contributed by atoms with Gasteiger partial charge in [-0.05, 0) is 18.9 Å². The van der Waals surface area contributed by atoms with Crippen LogP contribution in [0.25, 0.3) is 0 Å². The highest BCUT2D eigenvalue weighted by Crippen LogP contribution is 2.52. The zero-order valence-electron chi connectivity index (χ0n) is 7.06. The van der Waals surface area contributed by atoms with Gasteiger partial charge in [0.15, 0.2) is 0 Å². The van der Waals surface area contributed by atoms with Gasteiger partial charge < -0.3 is 10.5 Å². The highest BCUT2D eigenvalue weighted by molar-refractivity contribution is 5.88. The van der Waals surface area contributed by atoms with Crippen LogP contribution in [0.2, 0.25) is 0 Å². The second kappa shape index (κ2) is 2.73. The normalized spacial score (nSPS) is 22.9. The first-order valence-electron chi connectivity index (χ1n) is 4.11. The van der Waals surface area contributed by atoms with Crippen LogP contribution in [0.4, 0.5) is 0 Å². The Morgan fingerprint density at radius 3 is 3.00 bits per heavy atom. The van der Waals surface area contributed by atoms with Crippen LogP contribution in [0.5, 0.6) is 0 Å². The summed E-state index contributed by atoms with van der Waals surface area (Å²) >= 11 is 0. The minimum Gasteiger partial charge on any atom is -0.467 e. The average molecular weight is 178 g/mol. The summed E-state index contributed by atoms with van der Waals surface area (Å²) in [6.07, 6.45) is 7.82. The Morgan fingerprint density at radius 1 is 1.62 bits per heavy atom. The Morgan fingerprint density at radius 2 is 2.38 bits per heavy atom. The molecule has 0 atom stereocenters. The van der Waals surface area contributed by atoms with E-state index < -0.39 is 5.41 Å². The molecule has 68 valence electrons. The maximum atomic E-state index is 11.1. The molecule has 0 aromatic heterocycles. The fraction of sp³-hybridized carbons (Fsp3) is 0.333. The lowest BCUT2D eigenvalue weighted by molar-refractivity contribution is -0.122. The molecule has 1 amide bonds. The Hall–Kier alpha value is -1.58. The first-order chi connectivity index (χ1) is 6.26. The molecule has 4 nitrogen and oxygen atoms in total. The Kier molecular flexibility index (Phi) is 1.69. The zero-order valence-corrected chi connectivity index (χ0v) is 7.06. The van der Waals surface area contributed by atoms with Gasteiger partial charge in [0.1, 0.15) is 17.4 Å². The third kappa shape index (κ3) is 1.24. The van der Waals surface area contributed by atoms with Crippen molar-refractivity contribution in [2.75, 3.05) is 0 Å². The zero-order chi connectivity index (χ0) is 9.31. The van der Waals surface area contributed by atoms with Crippen LogP contribution in [0.15, 0.2) is 29.3 Å². The molecular weight excluding hydrogens is 168 g/mol. The van der Waals surface area contributed by atoms with Crippen molar-refractivity contribution in [2.45, 2.75) is 12.8 Å². The van der Waals surface area contributed by atoms with E-state index in [0.717, 1.165) is 12.8 Å². The van der Waals surface area contributed by atoms with Crippen LogP contribution >= 0.6 is 0 Å². The van der Waals surface area contributed by atoms with Gasteiger partial charge in [-0.15, -0.1) is 0 Å². The van der Waals surface area contributed by atoms with Crippen molar-refractivity contribution in [3.05, 3.63) is 24.3 Å². The van der Waals surface area contributed by atoms with Gasteiger partial charge in [-0.25, -0.2) is 0 Å². The van der Waals surface area contributed by atoms with Gasteiger partial charge in [0.25, 0.3) is 0 Å². The molecule has 13 heavy (non-hydrogen) atoms. The van der Waals surface area contributed by atoms with E-state index in [0.29, 0.717) is 5.76 Å². The molecule has 0 unspecified atom stereocenters. The molecule has 0 aromatic rings. The molecule has 0 spiro atoms. The molecule has 4 heteroatoms. The lowest BCUT2D eigenvalue weighted by Crippen LogP contribution is -2.27. The third-order valence-electron chi connectivity index (χ3n) is 2.35. The number of carbonyl (C=O) groups is 1. The number of ether oxygens (including phenoxy) is 1. The van der Waals surface area contributed by atoms with Crippen molar-refractivity contribution in [1.82, 2.24) is 0 Å². The number of hydrogen-bond acceptors (Lipinski definition) is 3. The van der Waals surface area contributed by atoms with E-state index in [2.05, 4.69) is 4.99 Å². The van der Waals surface area contributed by atoms with E-state index in [1.54, 1.807) is 12.3 Å². The molecule has 2 aliphatic rings. The van der Waals surface area contributed by atoms with Crippen molar-refractivity contribution in [3.8, 4) is 0 Å². The molecule has 0 radical (unpaired) electrons. The number of nitrogens with two attached hydrogens (primary N) is 1. The summed E-state index contributed by atoms with van der Waals surface area (Å²) in [5.41, 5.74) is 4.73. The van der Waals surface area contributed by atoms with Crippen molar-refractivity contribution in [1.29, 1.82) is 0 Å². The highest BCUT2D eigenvalue weighted by Gasteiger charge is 2.53. The van der Waals surface area contributed by atoms with Crippen LogP contribution in [0, 0.1) is 5.41 Å². The van der Waals surface area contributed by atoms with Gasteiger partial charge in [0.05, 0.1) is 6.20 Å². The van der Waals surface area contributed by atoms with Crippen LogP contribution in [0.3, 0.4) is 0 Å². The Labute approximate surface area is 75.8 Å². The number of amides is 1. The van der Waals surface area contributed by atoms with Crippen molar-refractivity contribution >= 4 is 12.1 Å². The molecule has 1 fully saturated rings. The quantitative estimate of drug-likeness (QED) is 0.676. The maximum Gasteiger partial charge on any atom is 0.231 e. The monoisotopic (exact) mass is 178 g/mol. The van der Waals surface area contributed by atoms with Gasteiger partial charge in [0.2, 0.25) is 5.91 Å². The number of carbonyl (C=O) groups excluding carboxylic acids is 1. The number of primary amides is 1. The smallest absolute Gasteiger partial charge is 0.231 e. The summed E-state index contributed by atoms with van der Waals surface area (Å²) in [6, 6.07) is 0. The van der Waals surface area contributed by atoms with E-state index in [1.165, 1.54) is 12.5 Å². The van der Waals surface area contributed by atoms with Crippen molar-refractivity contribution in [2.24, 2.45) is 16.1 Å². The van der Waals surface area contributed by atoms with Crippen LogP contribution in [-0.2, 0) is 9.53 Å². The number of nitrogens with zero attached hydrogens (tertiary/aromatic N) is 1. The fourth-order valence-electron chi connectivity index (χ4n) is 1.35. The second-order valence-corrected chi connectivity index (χ2v) is 3.18. The van der Waals surface area contributed by atoms with Gasteiger partial charge in [0, 0.05) is 6.21 Å². The van der Waals surface area contributed by atoms with Crippen molar-refractivity contribution in [3.63, 3.8) is 0 Å². The predicted molar refractivity (Wildman–Crippen MR) is 47.7 cm³/mol. The summed E-state index contributed by atoms with van der Waals surface area (Å²) in [5.74, 6) is 0.292. The predicted octanol–water partition coefficient (Wildman–Crippen LogP) is 0.708. The van der Waals surface area contributed by atoms with E-state index in [1.807, 2.05) is 0 Å². The van der Waals surface area contributed by atoms with E-state index in [-0.39, 0.29) is 5.91 Å². The standard InChI is InChI=1S/C9H10N2O2/c10-8(12)9(2-3-9)7-1-4-11-5-6-13-7/h1,4-6H,2-3H2,(H2,10,12). The summed E-state index contributed by atoms with van der Waals surface area (Å²) in [7, 11) is 0. The summed E-state index contributed by atoms with van der Waals surface area (Å²) in [6.45, 7) is 0. The molecule has 1 aliphatic carbocycles. The van der Waals surface area contributed by atoms with Crippen LogP contribution in [0.1, 0.15) is 12.8 Å². The number of aliphatic imine (C=N–C) groups is 1. The van der Waals surface area contributed by atoms with Crippen molar-refractivity contribution < 1.29 is 9.53 Å². The first-order valence-corrected chi connectivity index (χ1v) is 4.11. The summed E-state index contributed by atoms with van der Waals surface area (Å²) < 4.78 is 5.25. The van der Waals surface area contributed by atoms with Gasteiger partial charge >= 0.3 is 0 Å². The Bertz CT molecular complexity index is 325. The first kappa shape index (κ1) is 8.04. The maximum absolute atomic E-state index is 11.1. The highest BCUT2D eigenvalue weighted by atomic mass is 16.5. The average Bonchev–Trinajstić information content (AvgIpc) is 2.90. The minimum absolute atomic E-state index is 0.317. The topological polar surface area (TPSA) is 64.7 Å². The van der Waals surface area contributed by atoms with Crippen LogP contribution < -0.4 is 5.73 Å². The summed E-state index contributed by atoms with van der Waals surface area (Å²) in [4.78, 5) is 15.0. The minimum atomic E-state index is -0.555. The molecule has 1 saturated carbocycles.